The highest BCUT2D eigenvalue weighted by Crippen LogP contribution is 2.40. The molecular weight excluding hydrogens is 490 g/mol. The first-order chi connectivity index (χ1) is 17.9. The fourth-order valence-electron chi connectivity index (χ4n) is 4.47. The zero-order valence-electron chi connectivity index (χ0n) is 21.2. The number of anilines is 3. The zero-order chi connectivity index (χ0) is 26.4. The van der Waals surface area contributed by atoms with Gasteiger partial charge in [0.2, 0.25) is 12.3 Å². The zero-order valence-corrected chi connectivity index (χ0v) is 22.1. The first-order valence-electron chi connectivity index (χ1n) is 12.4. The maximum atomic E-state index is 11.9. The van der Waals surface area contributed by atoms with Crippen LogP contribution in [-0.4, -0.2) is 72.1 Å². The summed E-state index contributed by atoms with van der Waals surface area (Å²) in [4.78, 5) is 36.0. The summed E-state index contributed by atoms with van der Waals surface area (Å²) in [6, 6.07) is 3.54. The Kier molecular flexibility index (Phi) is 8.54. The molecule has 2 aliphatic rings. The Bertz CT molecular complexity index is 1290. The standard InChI is InChI=1S/C23H26N6O2S.C3H7NO/c24-12-14-10-17(18(11-16(14)25)31-9-8-29-7-3-6-20(29)30)28-22-21-15-4-1-2-5-19(15)32-23(21)27-13-26-22;1-4(2)3-5/h10-13,24H,1-9,25H2,(H,26,27,28);3H,1-2H3. The topological polar surface area (TPSA) is 138 Å². The molecule has 10 nitrogen and oxygen atoms in total. The highest BCUT2D eigenvalue weighted by molar-refractivity contribution is 7.19. The maximum absolute atomic E-state index is 11.9. The van der Waals surface area contributed by atoms with Crippen molar-refractivity contribution in [2.45, 2.75) is 38.5 Å². The maximum Gasteiger partial charge on any atom is 0.222 e. The fraction of sp³-hybridized carbons (Fsp3) is 0.423. The first kappa shape index (κ1) is 26.3. The van der Waals surface area contributed by atoms with Gasteiger partial charge >= 0.3 is 0 Å². The predicted molar refractivity (Wildman–Crippen MR) is 147 cm³/mol. The van der Waals surface area contributed by atoms with E-state index in [1.165, 1.54) is 34.4 Å². The van der Waals surface area contributed by atoms with E-state index in [1.807, 2.05) is 11.0 Å². The third kappa shape index (κ3) is 6.16. The van der Waals surface area contributed by atoms with E-state index in [4.69, 9.17) is 15.9 Å². The second-order valence-corrected chi connectivity index (χ2v) is 10.3. The van der Waals surface area contributed by atoms with Gasteiger partial charge in [0.1, 0.15) is 29.3 Å². The number of nitrogen functional groups attached to an aromatic ring is 1. The number of thiophene rings is 1. The Morgan fingerprint density at radius 3 is 2.70 bits per heavy atom. The van der Waals surface area contributed by atoms with Crippen LogP contribution >= 0.6 is 11.3 Å². The van der Waals surface area contributed by atoms with Crippen LogP contribution in [0, 0.1) is 5.41 Å². The normalized spacial score (nSPS) is 14.5. The lowest BCUT2D eigenvalue weighted by Crippen LogP contribution is -2.29. The van der Waals surface area contributed by atoms with Gasteiger partial charge in [0.25, 0.3) is 0 Å². The van der Waals surface area contributed by atoms with E-state index in [2.05, 4.69) is 15.3 Å². The highest BCUT2D eigenvalue weighted by atomic mass is 32.1. The number of carbonyl (C=O) groups is 2. The molecule has 1 aliphatic heterocycles. The number of hydrogen-bond acceptors (Lipinski definition) is 9. The Morgan fingerprint density at radius 1 is 1.22 bits per heavy atom. The lowest BCUT2D eigenvalue weighted by atomic mass is 9.97. The van der Waals surface area contributed by atoms with Gasteiger partial charge in [-0.2, -0.15) is 0 Å². The number of nitrogens with zero attached hydrogens (tertiary/aromatic N) is 4. The van der Waals surface area contributed by atoms with Crippen LogP contribution < -0.4 is 15.8 Å². The molecule has 37 heavy (non-hydrogen) atoms. The molecule has 1 saturated heterocycles. The van der Waals surface area contributed by atoms with Crippen LogP contribution in [0.4, 0.5) is 17.2 Å². The summed E-state index contributed by atoms with van der Waals surface area (Å²) in [5, 5.41) is 12.2. The Balaban J connectivity index is 0.000000586. The summed E-state index contributed by atoms with van der Waals surface area (Å²) in [5.41, 5.74) is 9.24. The van der Waals surface area contributed by atoms with Crippen molar-refractivity contribution in [3.05, 3.63) is 34.5 Å². The third-order valence-electron chi connectivity index (χ3n) is 6.35. The second-order valence-electron chi connectivity index (χ2n) is 9.26. The molecule has 3 heterocycles. The van der Waals surface area contributed by atoms with E-state index in [9.17, 15) is 9.59 Å². The molecule has 11 heteroatoms. The van der Waals surface area contributed by atoms with Crippen molar-refractivity contribution in [2.24, 2.45) is 0 Å². The first-order valence-corrected chi connectivity index (χ1v) is 13.2. The molecule has 1 fully saturated rings. The quantitative estimate of drug-likeness (QED) is 0.233. The number of aryl methyl sites for hydroxylation is 2. The number of nitrogens with two attached hydrogens (primary N) is 1. The van der Waals surface area contributed by atoms with E-state index >= 15 is 0 Å². The summed E-state index contributed by atoms with van der Waals surface area (Å²) in [5.74, 6) is 1.50. The average molecular weight is 524 g/mol. The van der Waals surface area contributed by atoms with Gasteiger partial charge in [-0.3, -0.25) is 9.59 Å². The molecule has 2 aromatic heterocycles. The summed E-state index contributed by atoms with van der Waals surface area (Å²) in [6.45, 7) is 1.70. The number of amides is 2. The lowest BCUT2D eigenvalue weighted by Gasteiger charge is -2.19. The number of fused-ring (bicyclic) bond motifs is 3. The summed E-state index contributed by atoms with van der Waals surface area (Å²) in [6.07, 6.45) is 9.61. The van der Waals surface area contributed by atoms with Crippen molar-refractivity contribution in [1.29, 1.82) is 5.41 Å². The number of hydrogen-bond donors (Lipinski definition) is 3. The van der Waals surface area contributed by atoms with E-state index in [0.717, 1.165) is 48.3 Å². The molecule has 0 unspecified atom stereocenters. The molecule has 4 N–H and O–H groups in total. The van der Waals surface area contributed by atoms with Crippen LogP contribution in [0.1, 0.15) is 41.7 Å². The number of ether oxygens (including phenoxy) is 1. The fourth-order valence-corrected chi connectivity index (χ4v) is 5.70. The van der Waals surface area contributed by atoms with E-state index < -0.39 is 0 Å². The Hall–Kier alpha value is -3.73. The minimum atomic E-state index is 0.177. The molecule has 0 saturated carbocycles. The van der Waals surface area contributed by atoms with Gasteiger partial charge in [-0.05, 0) is 43.7 Å². The summed E-state index contributed by atoms with van der Waals surface area (Å²) in [7, 11) is 3.38. The van der Waals surface area contributed by atoms with E-state index in [1.54, 1.807) is 37.8 Å². The Morgan fingerprint density at radius 2 is 2.00 bits per heavy atom. The number of likely N-dealkylation sites (tertiary alicyclic amines) is 1. The monoisotopic (exact) mass is 523 g/mol. The molecule has 2 amide bonds. The number of rotatable bonds is 8. The number of nitrogens with one attached hydrogen (secondary N) is 2. The van der Waals surface area contributed by atoms with Crippen LogP contribution in [0.15, 0.2) is 18.5 Å². The molecule has 0 radical (unpaired) electrons. The van der Waals surface area contributed by atoms with Crippen molar-refractivity contribution in [3.8, 4) is 5.75 Å². The van der Waals surface area contributed by atoms with Gasteiger partial charge in [-0.1, -0.05) is 0 Å². The molecule has 0 bridgehead atoms. The second kappa shape index (κ2) is 12.0. The van der Waals surface area contributed by atoms with Gasteiger partial charge in [-0.25, -0.2) is 9.97 Å². The van der Waals surface area contributed by atoms with Crippen molar-refractivity contribution < 1.29 is 14.3 Å². The number of aromatic nitrogens is 2. The third-order valence-corrected chi connectivity index (χ3v) is 7.55. The van der Waals surface area contributed by atoms with Gasteiger partial charge in [0.05, 0.1) is 17.6 Å². The largest absolute Gasteiger partial charge is 0.489 e. The molecule has 0 spiro atoms. The average Bonchev–Trinajstić information content (AvgIpc) is 3.49. The molecular formula is C26H33N7O3S. The SMILES string of the molecule is CN(C)C=O.N=Cc1cc(Nc2ncnc3sc4c(c23)CCCC4)c(OCCN2CCCC2=O)cc1N. The van der Waals surface area contributed by atoms with Crippen molar-refractivity contribution >= 4 is 57.3 Å². The minimum Gasteiger partial charge on any atom is -0.489 e. The lowest BCUT2D eigenvalue weighted by molar-refractivity contribution is -0.128. The van der Waals surface area contributed by atoms with Crippen LogP contribution in [-0.2, 0) is 22.4 Å². The van der Waals surface area contributed by atoms with E-state index in [0.29, 0.717) is 42.3 Å². The minimum absolute atomic E-state index is 0.177. The van der Waals surface area contributed by atoms with Crippen LogP contribution in [0.2, 0.25) is 0 Å². The van der Waals surface area contributed by atoms with Crippen LogP contribution in [0.25, 0.3) is 10.2 Å². The number of benzene rings is 1. The van der Waals surface area contributed by atoms with Gasteiger partial charge in [0.15, 0.2) is 0 Å². The van der Waals surface area contributed by atoms with Crippen molar-refractivity contribution in [3.63, 3.8) is 0 Å². The molecule has 5 rings (SSSR count). The van der Waals surface area contributed by atoms with E-state index in [-0.39, 0.29) is 5.91 Å². The van der Waals surface area contributed by atoms with Crippen molar-refractivity contribution in [2.75, 3.05) is 44.8 Å². The predicted octanol–water partition coefficient (Wildman–Crippen LogP) is 3.60. The summed E-state index contributed by atoms with van der Waals surface area (Å²) >= 11 is 1.75. The molecule has 3 aromatic rings. The molecule has 0 atom stereocenters. The van der Waals surface area contributed by atoms with Crippen LogP contribution in [0.5, 0.6) is 5.75 Å². The van der Waals surface area contributed by atoms with Gasteiger partial charge in [-0.15, -0.1) is 11.3 Å². The highest BCUT2D eigenvalue weighted by Gasteiger charge is 2.22. The smallest absolute Gasteiger partial charge is 0.222 e. The van der Waals surface area contributed by atoms with Gasteiger partial charge in [0, 0.05) is 55.5 Å². The molecule has 1 aromatic carbocycles. The van der Waals surface area contributed by atoms with Gasteiger partial charge < -0.3 is 31.0 Å². The van der Waals surface area contributed by atoms with Crippen LogP contribution in [0.3, 0.4) is 0 Å². The molecule has 196 valence electrons. The van der Waals surface area contributed by atoms with Crippen molar-refractivity contribution in [1.82, 2.24) is 19.8 Å². The summed E-state index contributed by atoms with van der Waals surface area (Å²) < 4.78 is 6.05. The molecule has 1 aliphatic carbocycles. The number of carbonyl (C=O) groups excluding carboxylic acids is 2. The Labute approximate surface area is 220 Å².